The van der Waals surface area contributed by atoms with Crippen molar-refractivity contribution in [2.75, 3.05) is 0 Å². The molecule has 102 valence electrons. The Morgan fingerprint density at radius 3 is 2.47 bits per heavy atom. The van der Waals surface area contributed by atoms with Gasteiger partial charge in [0.2, 0.25) is 0 Å². The minimum absolute atomic E-state index is 0.0231. The van der Waals surface area contributed by atoms with Gasteiger partial charge in [0.15, 0.2) is 11.6 Å². The number of carboxylic acid groups (broad SMARTS) is 1. The lowest BCUT2D eigenvalue weighted by Gasteiger charge is -2.13. The molecule has 19 heavy (non-hydrogen) atoms. The van der Waals surface area contributed by atoms with Gasteiger partial charge >= 0.3 is 5.97 Å². The minimum Gasteiger partial charge on any atom is -0.480 e. The van der Waals surface area contributed by atoms with Crippen LogP contribution in [0.3, 0.4) is 0 Å². The molecule has 0 unspecified atom stereocenters. The van der Waals surface area contributed by atoms with Crippen LogP contribution >= 0.6 is 15.9 Å². The number of halogens is 3. The molecule has 0 bridgehead atoms. The highest BCUT2D eigenvalue weighted by molar-refractivity contribution is 9.11. The molecule has 0 spiro atoms. The molecule has 0 saturated heterocycles. The Balaban J connectivity index is 2.84. The van der Waals surface area contributed by atoms with Gasteiger partial charge < -0.3 is 10.4 Å². The van der Waals surface area contributed by atoms with E-state index < -0.39 is 29.6 Å². The summed E-state index contributed by atoms with van der Waals surface area (Å²) in [7, 11) is 0. The van der Waals surface area contributed by atoms with Crippen molar-refractivity contribution in [2.24, 2.45) is 0 Å². The van der Waals surface area contributed by atoms with Gasteiger partial charge in [-0.3, -0.25) is 4.79 Å². The first-order valence-corrected chi connectivity index (χ1v) is 5.92. The third-order valence-electron chi connectivity index (χ3n) is 2.21. The Morgan fingerprint density at radius 1 is 1.37 bits per heavy atom. The van der Waals surface area contributed by atoms with Crippen molar-refractivity contribution in [2.45, 2.75) is 12.5 Å². The summed E-state index contributed by atoms with van der Waals surface area (Å²) in [5.74, 6) is -4.32. The monoisotopic (exact) mass is 333 g/mol. The number of benzene rings is 1. The highest BCUT2D eigenvalue weighted by atomic mass is 79.9. The molecule has 0 saturated carbocycles. The molecule has 1 atom stereocenters. The average molecular weight is 334 g/mol. The van der Waals surface area contributed by atoms with Crippen LogP contribution in [0.1, 0.15) is 16.8 Å². The maximum atomic E-state index is 13.0. The highest BCUT2D eigenvalue weighted by Gasteiger charge is 2.21. The normalized spacial score (nSPS) is 11.7. The summed E-state index contributed by atoms with van der Waals surface area (Å²) >= 11 is 2.99. The lowest BCUT2D eigenvalue weighted by molar-refractivity contribution is -0.139. The molecule has 4 nitrogen and oxygen atoms in total. The van der Waals surface area contributed by atoms with Crippen LogP contribution in [0.25, 0.3) is 0 Å². The van der Waals surface area contributed by atoms with Crippen LogP contribution in [0.5, 0.6) is 0 Å². The standard InChI is InChI=1S/C12H10BrF2NO3/c1-6(13)4-10(12(18)19)16-11(17)7-2-3-8(14)9(15)5-7/h2-3,5,10H,1,4H2,(H,16,17)(H,18,19)/t10-/m0/s1. The molecular weight excluding hydrogens is 324 g/mol. The van der Waals surface area contributed by atoms with E-state index in [-0.39, 0.29) is 12.0 Å². The van der Waals surface area contributed by atoms with E-state index >= 15 is 0 Å². The number of carbonyl (C=O) groups is 2. The zero-order valence-electron chi connectivity index (χ0n) is 9.62. The molecule has 0 fully saturated rings. The lowest BCUT2D eigenvalue weighted by atomic mass is 10.1. The number of carboxylic acids is 1. The number of amides is 1. The molecule has 7 heteroatoms. The van der Waals surface area contributed by atoms with Gasteiger partial charge in [-0.15, -0.1) is 0 Å². The third-order valence-corrected chi connectivity index (χ3v) is 2.53. The number of aliphatic carboxylic acids is 1. The van der Waals surface area contributed by atoms with Crippen molar-refractivity contribution in [3.63, 3.8) is 0 Å². The van der Waals surface area contributed by atoms with E-state index in [0.717, 1.165) is 12.1 Å². The minimum atomic E-state index is -1.25. The lowest BCUT2D eigenvalue weighted by Crippen LogP contribution is -2.40. The van der Waals surface area contributed by atoms with Crippen LogP contribution in [0, 0.1) is 11.6 Å². The maximum absolute atomic E-state index is 13.0. The van der Waals surface area contributed by atoms with Gasteiger partial charge in [-0.2, -0.15) is 0 Å². The van der Waals surface area contributed by atoms with Crippen molar-refractivity contribution in [1.82, 2.24) is 5.32 Å². The summed E-state index contributed by atoms with van der Waals surface area (Å²) in [6.45, 7) is 3.48. The van der Waals surface area contributed by atoms with Crippen molar-refractivity contribution in [3.05, 3.63) is 46.5 Å². The number of rotatable bonds is 5. The fourth-order valence-electron chi connectivity index (χ4n) is 1.30. The second-order valence-corrected chi connectivity index (χ2v) is 4.84. The molecule has 0 aliphatic carbocycles. The Labute approximate surface area is 116 Å². The highest BCUT2D eigenvalue weighted by Crippen LogP contribution is 2.12. The molecule has 1 amide bonds. The SMILES string of the molecule is C=C(Br)C[C@H](NC(=O)c1ccc(F)c(F)c1)C(=O)O. The Morgan fingerprint density at radius 2 is 2.00 bits per heavy atom. The van der Waals surface area contributed by atoms with Crippen LogP contribution in [0.4, 0.5) is 8.78 Å². The number of carbonyl (C=O) groups excluding carboxylic acids is 1. The molecule has 0 aliphatic heterocycles. The fourth-order valence-corrected chi connectivity index (χ4v) is 1.62. The average Bonchev–Trinajstić information content (AvgIpc) is 2.31. The van der Waals surface area contributed by atoms with E-state index in [2.05, 4.69) is 27.8 Å². The molecule has 0 aromatic heterocycles. The van der Waals surface area contributed by atoms with E-state index in [9.17, 15) is 18.4 Å². The van der Waals surface area contributed by atoms with Gasteiger partial charge in [-0.1, -0.05) is 22.5 Å². The van der Waals surface area contributed by atoms with Gasteiger partial charge in [0.25, 0.3) is 5.91 Å². The number of nitrogens with one attached hydrogen (secondary N) is 1. The summed E-state index contributed by atoms with van der Waals surface area (Å²) in [6, 6.07) is 1.36. The van der Waals surface area contributed by atoms with E-state index in [1.54, 1.807) is 0 Å². The van der Waals surface area contributed by atoms with Gasteiger partial charge in [0.05, 0.1) is 0 Å². The first-order chi connectivity index (χ1) is 8.81. The smallest absolute Gasteiger partial charge is 0.326 e. The first kappa shape index (κ1) is 15.3. The van der Waals surface area contributed by atoms with Crippen molar-refractivity contribution in [1.29, 1.82) is 0 Å². The summed E-state index contributed by atoms with van der Waals surface area (Å²) in [5, 5.41) is 11.1. The van der Waals surface area contributed by atoms with Gasteiger partial charge in [-0.05, 0) is 22.7 Å². The van der Waals surface area contributed by atoms with E-state index in [1.165, 1.54) is 0 Å². The summed E-state index contributed by atoms with van der Waals surface area (Å²) < 4.78 is 26.1. The van der Waals surface area contributed by atoms with Crippen LogP contribution in [0.15, 0.2) is 29.3 Å². The van der Waals surface area contributed by atoms with E-state index in [4.69, 9.17) is 5.11 Å². The summed E-state index contributed by atoms with van der Waals surface area (Å²) in [6.07, 6.45) is -0.0231. The molecule has 2 N–H and O–H groups in total. The molecule has 0 radical (unpaired) electrons. The predicted molar refractivity (Wildman–Crippen MR) is 67.9 cm³/mol. The number of hydrogen-bond acceptors (Lipinski definition) is 2. The van der Waals surface area contributed by atoms with Crippen molar-refractivity contribution >= 4 is 27.8 Å². The maximum Gasteiger partial charge on any atom is 0.326 e. The Kier molecular flexibility index (Phi) is 5.17. The Hall–Kier alpha value is -1.76. The topological polar surface area (TPSA) is 66.4 Å². The van der Waals surface area contributed by atoms with Crippen LogP contribution < -0.4 is 5.32 Å². The molecule has 1 aromatic rings. The Bertz CT molecular complexity index is 534. The predicted octanol–water partition coefficient (Wildman–Crippen LogP) is 2.45. The van der Waals surface area contributed by atoms with E-state index in [1.807, 2.05) is 0 Å². The number of hydrogen-bond donors (Lipinski definition) is 2. The van der Waals surface area contributed by atoms with Crippen molar-refractivity contribution < 1.29 is 23.5 Å². The molecule has 1 aromatic carbocycles. The van der Waals surface area contributed by atoms with Crippen LogP contribution in [-0.4, -0.2) is 23.0 Å². The zero-order valence-corrected chi connectivity index (χ0v) is 11.2. The second-order valence-electron chi connectivity index (χ2n) is 3.71. The van der Waals surface area contributed by atoms with Gasteiger partial charge in [0.1, 0.15) is 6.04 Å². The molecule has 0 aliphatic rings. The second kappa shape index (κ2) is 6.42. The van der Waals surface area contributed by atoms with Crippen molar-refractivity contribution in [3.8, 4) is 0 Å². The molecule has 0 heterocycles. The first-order valence-electron chi connectivity index (χ1n) is 5.13. The zero-order chi connectivity index (χ0) is 14.6. The fraction of sp³-hybridized carbons (Fsp3) is 0.167. The quantitative estimate of drug-likeness (QED) is 0.869. The van der Waals surface area contributed by atoms with Gasteiger partial charge in [0, 0.05) is 12.0 Å². The van der Waals surface area contributed by atoms with Gasteiger partial charge in [-0.25, -0.2) is 13.6 Å². The molecule has 1 rings (SSSR count). The van der Waals surface area contributed by atoms with Crippen LogP contribution in [-0.2, 0) is 4.79 Å². The van der Waals surface area contributed by atoms with Crippen LogP contribution in [0.2, 0.25) is 0 Å². The third kappa shape index (κ3) is 4.44. The largest absolute Gasteiger partial charge is 0.480 e. The molecular formula is C12H10BrF2NO3. The summed E-state index contributed by atoms with van der Waals surface area (Å²) in [5.41, 5.74) is -0.162. The van der Waals surface area contributed by atoms with E-state index in [0.29, 0.717) is 10.5 Å². The summed E-state index contributed by atoms with van der Waals surface area (Å²) in [4.78, 5) is 22.6.